The molecule has 0 nitrogen and oxygen atoms in total. The third-order valence-electron chi connectivity index (χ3n) is 6.19. The Morgan fingerprint density at radius 3 is 1.68 bits per heavy atom. The Balaban J connectivity index is 1.63. The highest BCUT2D eigenvalue weighted by molar-refractivity contribution is 5.52. The minimum absolute atomic E-state index is 0.946. The van der Waals surface area contributed by atoms with Crippen molar-refractivity contribution in [1.82, 2.24) is 0 Å². The molecule has 0 aliphatic carbocycles. The first kappa shape index (κ1) is 25.4. The second-order valence-electron chi connectivity index (χ2n) is 9.03. The fraction of sp³-hybridized carbons (Fsp3) is 0.353. The standard InChI is InChI=1S/C34H38/c1-4-7-8-9-10-12-29-15-19-30(20-16-29)21-22-32-24-26-34(33(6-3)27-32)25-23-31-17-13-28(11-5-2)14-18-31/h13-20,24,26-27H,4-12H2,1-3H3. The van der Waals surface area contributed by atoms with Crippen molar-refractivity contribution >= 4 is 0 Å². The Hall–Kier alpha value is -3.22. The van der Waals surface area contributed by atoms with Gasteiger partial charge in [0.15, 0.2) is 0 Å². The number of hydrogen-bond donors (Lipinski definition) is 0. The lowest BCUT2D eigenvalue weighted by Gasteiger charge is -2.03. The lowest BCUT2D eigenvalue weighted by atomic mass is 10.0. The van der Waals surface area contributed by atoms with E-state index in [1.165, 1.54) is 61.6 Å². The summed E-state index contributed by atoms with van der Waals surface area (Å²) in [6, 6.07) is 23.8. The van der Waals surface area contributed by atoms with Crippen LogP contribution in [0.3, 0.4) is 0 Å². The van der Waals surface area contributed by atoms with E-state index in [2.05, 4.69) is 111 Å². The first-order valence-electron chi connectivity index (χ1n) is 13.1. The fourth-order valence-corrected chi connectivity index (χ4v) is 4.10. The van der Waals surface area contributed by atoms with Gasteiger partial charge >= 0.3 is 0 Å². The van der Waals surface area contributed by atoms with Crippen molar-refractivity contribution in [3.05, 3.63) is 106 Å². The summed E-state index contributed by atoms with van der Waals surface area (Å²) in [6.45, 7) is 6.65. The van der Waals surface area contributed by atoms with Crippen molar-refractivity contribution in [1.29, 1.82) is 0 Å². The molecule has 0 bridgehead atoms. The summed E-state index contributed by atoms with van der Waals surface area (Å²) >= 11 is 0. The molecule has 174 valence electrons. The van der Waals surface area contributed by atoms with Gasteiger partial charge in [0.05, 0.1) is 0 Å². The Morgan fingerprint density at radius 1 is 0.500 bits per heavy atom. The van der Waals surface area contributed by atoms with E-state index in [0.29, 0.717) is 0 Å². The summed E-state index contributed by atoms with van der Waals surface area (Å²) in [5.41, 5.74) is 8.32. The molecule has 34 heavy (non-hydrogen) atoms. The third kappa shape index (κ3) is 8.28. The lowest BCUT2D eigenvalue weighted by molar-refractivity contribution is 0.632. The van der Waals surface area contributed by atoms with Crippen LogP contribution < -0.4 is 0 Å². The maximum absolute atomic E-state index is 3.37. The van der Waals surface area contributed by atoms with Gasteiger partial charge in [-0.3, -0.25) is 0 Å². The van der Waals surface area contributed by atoms with Crippen LogP contribution in [0.2, 0.25) is 0 Å². The molecular weight excluding hydrogens is 408 g/mol. The van der Waals surface area contributed by atoms with Crippen LogP contribution in [0.25, 0.3) is 0 Å². The molecule has 0 heterocycles. The highest BCUT2D eigenvalue weighted by Gasteiger charge is 2.00. The first-order chi connectivity index (χ1) is 16.7. The van der Waals surface area contributed by atoms with Gasteiger partial charge in [0.2, 0.25) is 0 Å². The zero-order valence-corrected chi connectivity index (χ0v) is 21.2. The topological polar surface area (TPSA) is 0 Å². The molecule has 0 atom stereocenters. The van der Waals surface area contributed by atoms with Crippen molar-refractivity contribution in [2.45, 2.75) is 78.6 Å². The summed E-state index contributed by atoms with van der Waals surface area (Å²) in [6.07, 6.45) is 11.0. The average molecular weight is 447 g/mol. The molecule has 3 rings (SSSR count). The van der Waals surface area contributed by atoms with Gasteiger partial charge in [0.1, 0.15) is 0 Å². The number of unbranched alkanes of at least 4 members (excludes halogenated alkanes) is 4. The van der Waals surface area contributed by atoms with E-state index >= 15 is 0 Å². The molecule has 0 amide bonds. The number of benzene rings is 3. The molecule has 0 fully saturated rings. The maximum Gasteiger partial charge on any atom is 0.0281 e. The second kappa shape index (κ2) is 14.1. The van der Waals surface area contributed by atoms with E-state index in [1.807, 2.05) is 0 Å². The quantitative estimate of drug-likeness (QED) is 0.228. The molecule has 0 unspecified atom stereocenters. The molecule has 0 N–H and O–H groups in total. The Kier molecular flexibility index (Phi) is 10.6. The van der Waals surface area contributed by atoms with E-state index < -0.39 is 0 Å². The van der Waals surface area contributed by atoms with Gasteiger partial charge in [-0.2, -0.15) is 0 Å². The Morgan fingerprint density at radius 2 is 1.06 bits per heavy atom. The molecule has 0 aromatic heterocycles. The second-order valence-corrected chi connectivity index (χ2v) is 9.03. The molecule has 0 saturated heterocycles. The van der Waals surface area contributed by atoms with Crippen LogP contribution >= 0.6 is 0 Å². The van der Waals surface area contributed by atoms with Crippen LogP contribution in [0.4, 0.5) is 0 Å². The van der Waals surface area contributed by atoms with Crippen LogP contribution in [-0.4, -0.2) is 0 Å². The monoisotopic (exact) mass is 446 g/mol. The molecule has 3 aromatic rings. The van der Waals surface area contributed by atoms with E-state index in [9.17, 15) is 0 Å². The SMILES string of the molecule is CCCCCCCc1ccc(C#Cc2ccc(C#Cc3ccc(CCC)cc3)c(CC)c2)cc1. The number of rotatable bonds is 9. The van der Waals surface area contributed by atoms with Crippen LogP contribution in [-0.2, 0) is 19.3 Å². The fourth-order valence-electron chi connectivity index (χ4n) is 4.10. The maximum atomic E-state index is 3.37. The van der Waals surface area contributed by atoms with Crippen LogP contribution in [0.15, 0.2) is 66.7 Å². The molecule has 0 aliphatic heterocycles. The highest BCUT2D eigenvalue weighted by atomic mass is 14.0. The minimum Gasteiger partial charge on any atom is -0.0654 e. The molecule has 0 heteroatoms. The zero-order chi connectivity index (χ0) is 24.0. The van der Waals surface area contributed by atoms with Gasteiger partial charge in [-0.1, -0.05) is 101 Å². The zero-order valence-electron chi connectivity index (χ0n) is 21.2. The van der Waals surface area contributed by atoms with Gasteiger partial charge < -0.3 is 0 Å². The van der Waals surface area contributed by atoms with Gasteiger partial charge in [-0.15, -0.1) is 0 Å². The minimum atomic E-state index is 0.946. The molecular formula is C34H38. The summed E-state index contributed by atoms with van der Waals surface area (Å²) in [4.78, 5) is 0. The number of hydrogen-bond acceptors (Lipinski definition) is 0. The molecule has 0 spiro atoms. The van der Waals surface area contributed by atoms with Crippen LogP contribution in [0.1, 0.15) is 98.2 Å². The van der Waals surface area contributed by atoms with Crippen molar-refractivity contribution in [2.75, 3.05) is 0 Å². The molecule has 0 radical (unpaired) electrons. The van der Waals surface area contributed by atoms with Crippen molar-refractivity contribution in [3.8, 4) is 23.7 Å². The van der Waals surface area contributed by atoms with Crippen LogP contribution in [0, 0.1) is 23.7 Å². The van der Waals surface area contributed by atoms with Crippen LogP contribution in [0.5, 0.6) is 0 Å². The summed E-state index contributed by atoms with van der Waals surface area (Å²) in [7, 11) is 0. The van der Waals surface area contributed by atoms with Crippen molar-refractivity contribution < 1.29 is 0 Å². The first-order valence-corrected chi connectivity index (χ1v) is 13.1. The predicted octanol–water partition coefficient (Wildman–Crippen LogP) is 8.51. The molecule has 3 aromatic carbocycles. The Bertz CT molecular complexity index is 1140. The van der Waals surface area contributed by atoms with Gasteiger partial charge in [-0.05, 0) is 84.8 Å². The van der Waals surface area contributed by atoms with Crippen molar-refractivity contribution in [2.24, 2.45) is 0 Å². The predicted molar refractivity (Wildman–Crippen MR) is 147 cm³/mol. The van der Waals surface area contributed by atoms with Gasteiger partial charge in [0.25, 0.3) is 0 Å². The van der Waals surface area contributed by atoms with Crippen molar-refractivity contribution in [3.63, 3.8) is 0 Å². The normalized spacial score (nSPS) is 10.2. The smallest absolute Gasteiger partial charge is 0.0281 e. The largest absolute Gasteiger partial charge is 0.0654 e. The van der Waals surface area contributed by atoms with E-state index in [1.54, 1.807) is 0 Å². The summed E-state index contributed by atoms with van der Waals surface area (Å²) in [5.74, 6) is 13.4. The third-order valence-corrected chi connectivity index (χ3v) is 6.19. The average Bonchev–Trinajstić information content (AvgIpc) is 2.88. The van der Waals surface area contributed by atoms with Gasteiger partial charge in [0, 0.05) is 22.3 Å². The lowest BCUT2D eigenvalue weighted by Crippen LogP contribution is -1.90. The van der Waals surface area contributed by atoms with E-state index in [4.69, 9.17) is 0 Å². The molecule has 0 aliphatic rings. The summed E-state index contributed by atoms with van der Waals surface area (Å²) in [5, 5.41) is 0. The summed E-state index contributed by atoms with van der Waals surface area (Å²) < 4.78 is 0. The highest BCUT2D eigenvalue weighted by Crippen LogP contribution is 2.14. The van der Waals surface area contributed by atoms with E-state index in [0.717, 1.165) is 35.1 Å². The van der Waals surface area contributed by atoms with Gasteiger partial charge in [-0.25, -0.2) is 0 Å². The Labute approximate surface area is 207 Å². The van der Waals surface area contributed by atoms with E-state index in [-0.39, 0.29) is 0 Å². The molecule has 0 saturated carbocycles. The number of aryl methyl sites for hydroxylation is 3.